The van der Waals surface area contributed by atoms with Gasteiger partial charge in [-0.05, 0) is 49.1 Å². The molecule has 0 aliphatic carbocycles. The van der Waals surface area contributed by atoms with Crippen LogP contribution in [0.3, 0.4) is 0 Å². The molecule has 0 N–H and O–H groups in total. The van der Waals surface area contributed by atoms with E-state index in [2.05, 4.69) is 5.10 Å². The van der Waals surface area contributed by atoms with Gasteiger partial charge in [-0.15, -0.1) is 0 Å². The molecule has 0 unspecified atom stereocenters. The molecule has 0 radical (unpaired) electrons. The number of hydrogen-bond acceptors (Lipinski definition) is 4. The third kappa shape index (κ3) is 4.64. The minimum atomic E-state index is -0.305. The molecule has 3 heterocycles. The second kappa shape index (κ2) is 8.73. The largest absolute Gasteiger partial charge is 0.378 e. The average Bonchev–Trinajstić information content (AvgIpc) is 2.76. The van der Waals surface area contributed by atoms with Crippen LogP contribution in [-0.2, 0) is 11.3 Å². The Morgan fingerprint density at radius 1 is 1.00 bits per heavy atom. The second-order valence-corrected chi connectivity index (χ2v) is 7.56. The summed E-state index contributed by atoms with van der Waals surface area (Å²) >= 11 is 0. The Bertz CT molecular complexity index is 901. The maximum absolute atomic E-state index is 13.1. The van der Waals surface area contributed by atoms with Crippen LogP contribution >= 0.6 is 0 Å². The van der Waals surface area contributed by atoms with Crippen LogP contribution in [0.2, 0.25) is 0 Å². The molecular formula is C21H25FN4O3. The molecule has 0 bridgehead atoms. The van der Waals surface area contributed by atoms with Crippen LogP contribution in [0.4, 0.5) is 9.18 Å². The van der Waals surface area contributed by atoms with Gasteiger partial charge >= 0.3 is 6.03 Å². The zero-order valence-electron chi connectivity index (χ0n) is 16.3. The molecule has 8 heteroatoms. The number of benzene rings is 1. The van der Waals surface area contributed by atoms with E-state index in [-0.39, 0.29) is 23.3 Å². The van der Waals surface area contributed by atoms with Crippen LogP contribution in [-0.4, -0.2) is 65.0 Å². The third-order valence-electron chi connectivity index (χ3n) is 5.60. The fraction of sp³-hybridized carbons (Fsp3) is 0.476. The minimum absolute atomic E-state index is 0.0837. The summed E-state index contributed by atoms with van der Waals surface area (Å²) in [5.41, 5.74) is 1.26. The topological polar surface area (TPSA) is 67.7 Å². The highest BCUT2D eigenvalue weighted by molar-refractivity contribution is 5.74. The maximum Gasteiger partial charge on any atom is 0.320 e. The van der Waals surface area contributed by atoms with Gasteiger partial charge in [0.15, 0.2) is 0 Å². The lowest BCUT2D eigenvalue weighted by molar-refractivity contribution is 0.0396. The quantitative estimate of drug-likeness (QED) is 0.792. The summed E-state index contributed by atoms with van der Waals surface area (Å²) in [5, 5.41) is 4.47. The van der Waals surface area contributed by atoms with Crippen LogP contribution < -0.4 is 5.56 Å². The fourth-order valence-electron chi connectivity index (χ4n) is 3.86. The number of rotatable bonds is 3. The third-order valence-corrected chi connectivity index (χ3v) is 5.60. The zero-order chi connectivity index (χ0) is 20.2. The van der Waals surface area contributed by atoms with Crippen molar-refractivity contribution < 1.29 is 13.9 Å². The fourth-order valence-corrected chi connectivity index (χ4v) is 3.86. The van der Waals surface area contributed by atoms with Crippen LogP contribution in [0.15, 0.2) is 41.2 Å². The number of ether oxygens (including phenoxy) is 1. The molecular weight excluding hydrogens is 375 g/mol. The standard InChI is InChI=1S/C21H25FN4O3/c22-18-3-1-17(2-4-18)19-5-6-20(27)26(23-19)15-16-7-9-24(10-8-16)21(28)25-11-13-29-14-12-25/h1-6,16H,7-15H2. The molecule has 2 aliphatic rings. The summed E-state index contributed by atoms with van der Waals surface area (Å²) in [7, 11) is 0. The van der Waals surface area contributed by atoms with Gasteiger partial charge in [-0.2, -0.15) is 5.10 Å². The highest BCUT2D eigenvalue weighted by Gasteiger charge is 2.27. The molecule has 0 spiro atoms. The van der Waals surface area contributed by atoms with Crippen molar-refractivity contribution in [3.63, 3.8) is 0 Å². The predicted octanol–water partition coefficient (Wildman–Crippen LogP) is 2.21. The van der Waals surface area contributed by atoms with E-state index in [9.17, 15) is 14.0 Å². The van der Waals surface area contributed by atoms with E-state index in [0.29, 0.717) is 51.6 Å². The molecule has 2 amide bonds. The summed E-state index contributed by atoms with van der Waals surface area (Å²) in [4.78, 5) is 28.6. The van der Waals surface area contributed by atoms with Crippen molar-refractivity contribution in [1.82, 2.24) is 19.6 Å². The summed E-state index contributed by atoms with van der Waals surface area (Å²) in [6, 6.07) is 9.32. The molecule has 1 aromatic carbocycles. The number of piperidine rings is 1. The Morgan fingerprint density at radius 3 is 2.34 bits per heavy atom. The van der Waals surface area contributed by atoms with E-state index in [1.54, 1.807) is 18.2 Å². The minimum Gasteiger partial charge on any atom is -0.378 e. The summed E-state index contributed by atoms with van der Waals surface area (Å²) in [6.07, 6.45) is 1.68. The Kier molecular flexibility index (Phi) is 5.89. The van der Waals surface area contributed by atoms with Gasteiger partial charge in [-0.1, -0.05) is 0 Å². The molecule has 154 valence electrons. The summed E-state index contributed by atoms with van der Waals surface area (Å²) in [6.45, 7) is 4.39. The van der Waals surface area contributed by atoms with Crippen molar-refractivity contribution in [2.75, 3.05) is 39.4 Å². The van der Waals surface area contributed by atoms with Crippen molar-refractivity contribution in [3.8, 4) is 11.3 Å². The van der Waals surface area contributed by atoms with Gasteiger partial charge < -0.3 is 14.5 Å². The lowest BCUT2D eigenvalue weighted by Crippen LogP contribution is -2.50. The number of urea groups is 1. The smallest absolute Gasteiger partial charge is 0.320 e. The molecule has 0 saturated carbocycles. The van der Waals surface area contributed by atoms with Gasteiger partial charge in [-0.25, -0.2) is 13.9 Å². The number of carbonyl (C=O) groups excluding carboxylic acids is 1. The molecule has 29 heavy (non-hydrogen) atoms. The summed E-state index contributed by atoms with van der Waals surface area (Å²) in [5.74, 6) is -0.0159. The summed E-state index contributed by atoms with van der Waals surface area (Å²) < 4.78 is 19.9. The van der Waals surface area contributed by atoms with Crippen molar-refractivity contribution in [1.29, 1.82) is 0 Å². The number of likely N-dealkylation sites (tertiary alicyclic amines) is 1. The Balaban J connectivity index is 1.38. The van der Waals surface area contributed by atoms with Gasteiger partial charge in [-0.3, -0.25) is 4.79 Å². The van der Waals surface area contributed by atoms with Gasteiger partial charge in [0.25, 0.3) is 5.56 Å². The number of amides is 2. The highest BCUT2D eigenvalue weighted by atomic mass is 19.1. The van der Waals surface area contributed by atoms with E-state index in [0.717, 1.165) is 18.4 Å². The number of carbonyl (C=O) groups is 1. The molecule has 0 atom stereocenters. The first-order valence-electron chi connectivity index (χ1n) is 10.1. The first-order valence-corrected chi connectivity index (χ1v) is 10.1. The lowest BCUT2D eigenvalue weighted by atomic mass is 9.97. The first kappa shape index (κ1) is 19.6. The van der Waals surface area contributed by atoms with Gasteiger partial charge in [0.2, 0.25) is 0 Å². The van der Waals surface area contributed by atoms with Crippen LogP contribution in [0.25, 0.3) is 11.3 Å². The number of aromatic nitrogens is 2. The van der Waals surface area contributed by atoms with E-state index >= 15 is 0 Å². The van der Waals surface area contributed by atoms with E-state index in [1.807, 2.05) is 9.80 Å². The van der Waals surface area contributed by atoms with Crippen LogP contribution in [0.1, 0.15) is 12.8 Å². The number of halogens is 1. The van der Waals surface area contributed by atoms with Gasteiger partial charge in [0.05, 0.1) is 18.9 Å². The number of morpholine rings is 1. The van der Waals surface area contributed by atoms with Crippen molar-refractivity contribution >= 4 is 6.03 Å². The molecule has 2 saturated heterocycles. The molecule has 4 rings (SSSR count). The van der Waals surface area contributed by atoms with Gasteiger partial charge in [0, 0.05) is 44.4 Å². The zero-order valence-corrected chi connectivity index (χ0v) is 16.3. The Labute approximate surface area is 168 Å². The van der Waals surface area contributed by atoms with E-state index < -0.39 is 0 Å². The van der Waals surface area contributed by atoms with E-state index in [4.69, 9.17) is 4.74 Å². The van der Waals surface area contributed by atoms with Crippen LogP contribution in [0.5, 0.6) is 0 Å². The second-order valence-electron chi connectivity index (χ2n) is 7.56. The monoisotopic (exact) mass is 400 g/mol. The average molecular weight is 400 g/mol. The number of hydrogen-bond donors (Lipinski definition) is 0. The first-order chi connectivity index (χ1) is 14.1. The van der Waals surface area contributed by atoms with Gasteiger partial charge in [0.1, 0.15) is 5.82 Å². The Morgan fingerprint density at radius 2 is 1.66 bits per heavy atom. The van der Waals surface area contributed by atoms with Crippen molar-refractivity contribution in [2.45, 2.75) is 19.4 Å². The predicted molar refractivity (Wildman–Crippen MR) is 106 cm³/mol. The normalized spacial score (nSPS) is 18.1. The molecule has 2 aliphatic heterocycles. The highest BCUT2D eigenvalue weighted by Crippen LogP contribution is 2.21. The van der Waals surface area contributed by atoms with Crippen LogP contribution in [0, 0.1) is 11.7 Å². The maximum atomic E-state index is 13.1. The van der Waals surface area contributed by atoms with E-state index in [1.165, 1.54) is 22.9 Å². The SMILES string of the molecule is O=C(N1CCOCC1)N1CCC(Cn2nc(-c3ccc(F)cc3)ccc2=O)CC1. The molecule has 7 nitrogen and oxygen atoms in total. The van der Waals surface area contributed by atoms with Crippen molar-refractivity contribution in [2.24, 2.45) is 5.92 Å². The number of nitrogens with zero attached hydrogens (tertiary/aromatic N) is 4. The molecule has 2 aromatic rings. The van der Waals surface area contributed by atoms with Crippen molar-refractivity contribution in [3.05, 3.63) is 52.6 Å². The molecule has 2 fully saturated rings. The lowest BCUT2D eigenvalue weighted by Gasteiger charge is -2.37. The Hall–Kier alpha value is -2.74. The molecule has 1 aromatic heterocycles.